The summed E-state index contributed by atoms with van der Waals surface area (Å²) < 4.78 is 1.13. The van der Waals surface area contributed by atoms with Crippen LogP contribution in [0.2, 0.25) is 0 Å². The maximum atomic E-state index is 5.65. The van der Waals surface area contributed by atoms with E-state index in [0.717, 1.165) is 17.6 Å². The molecular formula is C8H10Br2N2. The molecular weight excluding hydrogens is 284 g/mol. The zero-order valence-corrected chi connectivity index (χ0v) is 9.76. The highest BCUT2D eigenvalue weighted by Gasteiger charge is 2.14. The van der Waals surface area contributed by atoms with E-state index in [-0.39, 0.29) is 17.0 Å². The highest BCUT2D eigenvalue weighted by Crippen LogP contribution is 2.23. The first-order chi connectivity index (χ1) is 5.25. The van der Waals surface area contributed by atoms with Gasteiger partial charge in [0.2, 0.25) is 0 Å². The van der Waals surface area contributed by atoms with Crippen molar-refractivity contribution in [1.29, 1.82) is 0 Å². The number of hydrazine groups is 1. The Morgan fingerprint density at radius 2 is 1.92 bits per heavy atom. The molecule has 0 radical (unpaired) electrons. The Hall–Kier alpha value is 0.100. The molecule has 0 spiro atoms. The largest absolute Gasteiger partial charge is 0.268 e. The van der Waals surface area contributed by atoms with Gasteiger partial charge in [-0.25, -0.2) is 5.01 Å². The Kier molecular flexibility index (Phi) is 3.29. The van der Waals surface area contributed by atoms with Gasteiger partial charge in [0.15, 0.2) is 0 Å². The quantitative estimate of drug-likeness (QED) is 0.743. The van der Waals surface area contributed by atoms with E-state index in [1.54, 1.807) is 0 Å². The zero-order chi connectivity index (χ0) is 7.84. The van der Waals surface area contributed by atoms with Crippen LogP contribution in [0.4, 0.5) is 0 Å². The fourth-order valence-corrected chi connectivity index (χ4v) is 1.80. The predicted molar refractivity (Wildman–Crippen MR) is 57.9 cm³/mol. The molecule has 0 bridgehead atoms. The van der Waals surface area contributed by atoms with Gasteiger partial charge in [0, 0.05) is 17.6 Å². The van der Waals surface area contributed by atoms with Gasteiger partial charge in [0.05, 0.1) is 0 Å². The van der Waals surface area contributed by atoms with Gasteiger partial charge >= 0.3 is 0 Å². The normalized spacial score (nSPS) is 15.5. The second-order valence-electron chi connectivity index (χ2n) is 2.82. The van der Waals surface area contributed by atoms with Crippen LogP contribution < -0.4 is 5.84 Å². The number of hydrogen-bond donors (Lipinski definition) is 1. The first kappa shape index (κ1) is 10.2. The molecule has 1 aromatic rings. The lowest BCUT2D eigenvalue weighted by molar-refractivity contribution is 0.295. The second kappa shape index (κ2) is 3.87. The smallest absolute Gasteiger partial charge is 0.0386 e. The van der Waals surface area contributed by atoms with Gasteiger partial charge in [-0.15, -0.1) is 17.0 Å². The van der Waals surface area contributed by atoms with Crippen LogP contribution in [0, 0.1) is 0 Å². The summed E-state index contributed by atoms with van der Waals surface area (Å²) in [6.07, 6.45) is 0. The average Bonchev–Trinajstić information content (AvgIpc) is 2.27. The van der Waals surface area contributed by atoms with Gasteiger partial charge in [0.25, 0.3) is 0 Å². The van der Waals surface area contributed by atoms with Crippen molar-refractivity contribution in [3.8, 4) is 0 Å². The number of fused-ring (bicyclic) bond motifs is 1. The van der Waals surface area contributed by atoms with Crippen LogP contribution in [0.25, 0.3) is 0 Å². The fourth-order valence-electron chi connectivity index (χ4n) is 1.39. The Balaban J connectivity index is 0.000000720. The van der Waals surface area contributed by atoms with Gasteiger partial charge in [-0.05, 0) is 23.3 Å². The Morgan fingerprint density at radius 1 is 1.25 bits per heavy atom. The summed E-state index contributed by atoms with van der Waals surface area (Å²) in [5.41, 5.74) is 2.68. The molecule has 1 heterocycles. The second-order valence-corrected chi connectivity index (χ2v) is 3.73. The van der Waals surface area contributed by atoms with Crippen molar-refractivity contribution in [2.24, 2.45) is 5.84 Å². The number of nitrogens with two attached hydrogens (primary N) is 1. The number of halogens is 2. The Labute approximate surface area is 90.6 Å². The lowest BCUT2D eigenvalue weighted by Crippen LogP contribution is -2.23. The summed E-state index contributed by atoms with van der Waals surface area (Å²) in [6.45, 7) is 1.75. The number of benzene rings is 1. The highest BCUT2D eigenvalue weighted by molar-refractivity contribution is 9.10. The van der Waals surface area contributed by atoms with Crippen molar-refractivity contribution < 1.29 is 0 Å². The SMILES string of the molecule is Br.NN1Cc2ccc(Br)cc2C1. The Morgan fingerprint density at radius 3 is 2.67 bits per heavy atom. The van der Waals surface area contributed by atoms with Crippen molar-refractivity contribution in [3.63, 3.8) is 0 Å². The molecule has 2 nitrogen and oxygen atoms in total. The van der Waals surface area contributed by atoms with Crippen LogP contribution in [0.3, 0.4) is 0 Å². The van der Waals surface area contributed by atoms with E-state index in [9.17, 15) is 0 Å². The lowest BCUT2D eigenvalue weighted by atomic mass is 10.1. The summed E-state index contributed by atoms with van der Waals surface area (Å²) >= 11 is 3.43. The summed E-state index contributed by atoms with van der Waals surface area (Å²) in [6, 6.07) is 6.30. The van der Waals surface area contributed by atoms with Crippen molar-refractivity contribution in [2.45, 2.75) is 13.1 Å². The van der Waals surface area contributed by atoms with Crippen LogP contribution in [0.5, 0.6) is 0 Å². The van der Waals surface area contributed by atoms with Crippen molar-refractivity contribution in [1.82, 2.24) is 5.01 Å². The zero-order valence-electron chi connectivity index (χ0n) is 6.46. The maximum Gasteiger partial charge on any atom is 0.0386 e. The van der Waals surface area contributed by atoms with E-state index < -0.39 is 0 Å². The van der Waals surface area contributed by atoms with E-state index in [1.165, 1.54) is 11.1 Å². The molecule has 12 heavy (non-hydrogen) atoms. The molecule has 0 aliphatic carbocycles. The summed E-state index contributed by atoms with van der Waals surface area (Å²) in [5, 5.41) is 1.82. The molecule has 2 N–H and O–H groups in total. The summed E-state index contributed by atoms with van der Waals surface area (Å²) in [7, 11) is 0. The molecule has 1 aliphatic heterocycles. The topological polar surface area (TPSA) is 29.3 Å². The molecule has 0 atom stereocenters. The molecule has 2 rings (SSSR count). The van der Waals surface area contributed by atoms with Gasteiger partial charge < -0.3 is 0 Å². The molecule has 0 fully saturated rings. The first-order valence-corrected chi connectivity index (χ1v) is 4.32. The minimum absolute atomic E-state index is 0. The molecule has 0 saturated heterocycles. The van der Waals surface area contributed by atoms with E-state index >= 15 is 0 Å². The van der Waals surface area contributed by atoms with Gasteiger partial charge in [-0.2, -0.15) is 0 Å². The summed E-state index contributed by atoms with van der Waals surface area (Å²) in [5.74, 6) is 5.65. The minimum atomic E-state index is 0. The van der Waals surface area contributed by atoms with Crippen LogP contribution in [-0.4, -0.2) is 5.01 Å². The third-order valence-electron chi connectivity index (χ3n) is 1.92. The first-order valence-electron chi connectivity index (χ1n) is 3.52. The molecule has 1 aromatic carbocycles. The number of hydrogen-bond acceptors (Lipinski definition) is 2. The third-order valence-corrected chi connectivity index (χ3v) is 2.41. The average molecular weight is 294 g/mol. The van der Waals surface area contributed by atoms with Gasteiger partial charge in [-0.1, -0.05) is 22.0 Å². The highest BCUT2D eigenvalue weighted by atomic mass is 79.9. The molecule has 0 unspecified atom stereocenters. The molecule has 0 amide bonds. The van der Waals surface area contributed by atoms with Gasteiger partial charge in [-0.3, -0.25) is 5.84 Å². The van der Waals surface area contributed by atoms with Crippen molar-refractivity contribution in [3.05, 3.63) is 33.8 Å². The number of nitrogens with zero attached hydrogens (tertiary/aromatic N) is 1. The summed E-state index contributed by atoms with van der Waals surface area (Å²) in [4.78, 5) is 0. The lowest BCUT2D eigenvalue weighted by Gasteiger charge is -2.02. The predicted octanol–water partition coefficient (Wildman–Crippen LogP) is 2.22. The van der Waals surface area contributed by atoms with Crippen molar-refractivity contribution >= 4 is 32.9 Å². The minimum Gasteiger partial charge on any atom is -0.268 e. The van der Waals surface area contributed by atoms with Gasteiger partial charge in [0.1, 0.15) is 0 Å². The monoisotopic (exact) mass is 292 g/mol. The van der Waals surface area contributed by atoms with Crippen LogP contribution in [0.15, 0.2) is 22.7 Å². The molecule has 1 aliphatic rings. The van der Waals surface area contributed by atoms with E-state index in [0.29, 0.717) is 0 Å². The van der Waals surface area contributed by atoms with Crippen LogP contribution in [0.1, 0.15) is 11.1 Å². The van der Waals surface area contributed by atoms with E-state index in [4.69, 9.17) is 5.84 Å². The van der Waals surface area contributed by atoms with E-state index in [2.05, 4.69) is 34.1 Å². The fraction of sp³-hybridized carbons (Fsp3) is 0.250. The van der Waals surface area contributed by atoms with Crippen molar-refractivity contribution in [2.75, 3.05) is 0 Å². The van der Waals surface area contributed by atoms with E-state index in [1.807, 2.05) is 5.01 Å². The Bertz CT molecular complexity index is 288. The molecule has 66 valence electrons. The molecule has 0 saturated carbocycles. The maximum absolute atomic E-state index is 5.65. The third kappa shape index (κ3) is 1.88. The molecule has 0 aromatic heterocycles. The standard InChI is InChI=1S/C8H9BrN2.BrH/c9-8-2-1-6-4-11(10)5-7(6)3-8;/h1-3H,4-5,10H2;1H. The van der Waals surface area contributed by atoms with Crippen LogP contribution >= 0.6 is 32.9 Å². The van der Waals surface area contributed by atoms with Crippen LogP contribution in [-0.2, 0) is 13.1 Å². The number of rotatable bonds is 0. The molecule has 4 heteroatoms.